The van der Waals surface area contributed by atoms with Crippen molar-refractivity contribution in [2.24, 2.45) is 0 Å². The zero-order valence-corrected chi connectivity index (χ0v) is 20.0. The molecule has 0 saturated carbocycles. The first-order valence-electron chi connectivity index (χ1n) is 10.9. The van der Waals surface area contributed by atoms with Crippen LogP contribution in [-0.4, -0.2) is 37.7 Å². The first-order valence-corrected chi connectivity index (χ1v) is 12.3. The van der Waals surface area contributed by atoms with Gasteiger partial charge in [-0.1, -0.05) is 30.3 Å². The fourth-order valence-electron chi connectivity index (χ4n) is 4.16. The number of sulfonamides is 1. The van der Waals surface area contributed by atoms with E-state index in [-0.39, 0.29) is 17.0 Å². The lowest BCUT2D eigenvalue weighted by atomic mass is 10.1. The van der Waals surface area contributed by atoms with E-state index in [0.717, 1.165) is 9.21 Å². The molecule has 4 rings (SSSR count). The summed E-state index contributed by atoms with van der Waals surface area (Å²) in [5, 5.41) is 9.03. The minimum atomic E-state index is -4.19. The maximum Gasteiger partial charge on any atom is 0.252 e. The molecule has 1 aliphatic heterocycles. The van der Waals surface area contributed by atoms with Crippen molar-refractivity contribution in [3.63, 3.8) is 0 Å². The smallest absolute Gasteiger partial charge is 0.252 e. The molecule has 0 N–H and O–H groups in total. The fraction of sp³-hybridized carbons (Fsp3) is 0.192. The molecule has 1 heterocycles. The second-order valence-corrected chi connectivity index (χ2v) is 9.89. The third kappa shape index (κ3) is 4.54. The van der Waals surface area contributed by atoms with Gasteiger partial charge in [0.25, 0.3) is 5.91 Å². The van der Waals surface area contributed by atoms with Crippen LogP contribution in [0.1, 0.15) is 30.5 Å². The van der Waals surface area contributed by atoms with Crippen LogP contribution in [0.3, 0.4) is 0 Å². The quantitative estimate of drug-likeness (QED) is 0.469. The Hall–Kier alpha value is -4.00. The van der Waals surface area contributed by atoms with Crippen LogP contribution in [0.5, 0.6) is 5.75 Å². The third-order valence-corrected chi connectivity index (χ3v) is 7.98. The molecule has 8 nitrogen and oxygen atoms in total. The predicted molar refractivity (Wildman–Crippen MR) is 129 cm³/mol. The Balaban J connectivity index is 1.78. The SMILES string of the molecule is COc1ccc(S(=O)(=O)N(C2CC(=O)N(c3ccc(C#N)cc3)C2=O)C(C)c2ccccc2)cc1. The van der Waals surface area contributed by atoms with Crippen molar-refractivity contribution in [3.05, 3.63) is 90.0 Å². The number of ether oxygens (including phenoxy) is 1. The van der Waals surface area contributed by atoms with E-state index in [2.05, 4.69) is 0 Å². The Morgan fingerprint density at radius 3 is 2.20 bits per heavy atom. The lowest BCUT2D eigenvalue weighted by molar-refractivity contribution is -0.122. The van der Waals surface area contributed by atoms with Gasteiger partial charge < -0.3 is 4.74 Å². The van der Waals surface area contributed by atoms with E-state index in [1.807, 2.05) is 12.1 Å². The van der Waals surface area contributed by atoms with Crippen molar-refractivity contribution >= 4 is 27.5 Å². The first kappa shape index (κ1) is 24.1. The van der Waals surface area contributed by atoms with Crippen LogP contribution >= 0.6 is 0 Å². The summed E-state index contributed by atoms with van der Waals surface area (Å²) < 4.78 is 34.0. The Labute approximate surface area is 204 Å². The fourth-order valence-corrected chi connectivity index (χ4v) is 5.93. The van der Waals surface area contributed by atoms with Gasteiger partial charge in [-0.2, -0.15) is 9.57 Å². The van der Waals surface area contributed by atoms with Gasteiger partial charge in [0.1, 0.15) is 11.8 Å². The second-order valence-electron chi connectivity index (χ2n) is 8.04. The van der Waals surface area contributed by atoms with Crippen LogP contribution in [-0.2, 0) is 19.6 Å². The van der Waals surface area contributed by atoms with E-state index < -0.39 is 33.9 Å². The van der Waals surface area contributed by atoms with Gasteiger partial charge in [0, 0.05) is 6.04 Å². The van der Waals surface area contributed by atoms with Crippen LogP contribution in [0.25, 0.3) is 0 Å². The summed E-state index contributed by atoms with van der Waals surface area (Å²) in [6.45, 7) is 1.69. The highest BCUT2D eigenvalue weighted by Crippen LogP contribution is 2.36. The van der Waals surface area contributed by atoms with Crippen molar-refractivity contribution in [2.75, 3.05) is 12.0 Å². The number of methoxy groups -OCH3 is 1. The van der Waals surface area contributed by atoms with Crippen LogP contribution < -0.4 is 9.64 Å². The average molecular weight is 490 g/mol. The number of hydrogen-bond donors (Lipinski definition) is 0. The van der Waals surface area contributed by atoms with Gasteiger partial charge in [-0.15, -0.1) is 0 Å². The maximum absolute atomic E-state index is 13.9. The van der Waals surface area contributed by atoms with Crippen LogP contribution in [0, 0.1) is 11.3 Å². The van der Waals surface area contributed by atoms with Gasteiger partial charge >= 0.3 is 0 Å². The van der Waals surface area contributed by atoms with Crippen LogP contribution in [0.4, 0.5) is 5.69 Å². The van der Waals surface area contributed by atoms with Crippen molar-refractivity contribution in [1.82, 2.24) is 4.31 Å². The molecule has 2 atom stereocenters. The van der Waals surface area contributed by atoms with E-state index in [1.54, 1.807) is 31.2 Å². The number of rotatable bonds is 7. The van der Waals surface area contributed by atoms with Crippen molar-refractivity contribution in [3.8, 4) is 11.8 Å². The molecule has 3 aromatic rings. The molecule has 3 aromatic carbocycles. The lowest BCUT2D eigenvalue weighted by Gasteiger charge is -2.32. The summed E-state index contributed by atoms with van der Waals surface area (Å²) in [4.78, 5) is 27.5. The van der Waals surface area contributed by atoms with Gasteiger partial charge in [-0.3, -0.25) is 9.59 Å². The van der Waals surface area contributed by atoms with Crippen LogP contribution in [0.15, 0.2) is 83.8 Å². The van der Waals surface area contributed by atoms with E-state index in [4.69, 9.17) is 10.00 Å². The zero-order chi connectivity index (χ0) is 25.2. The number of anilines is 1. The highest BCUT2D eigenvalue weighted by atomic mass is 32.2. The number of carbonyl (C=O) groups is 2. The van der Waals surface area contributed by atoms with Crippen molar-refractivity contribution < 1.29 is 22.7 Å². The molecule has 2 unspecified atom stereocenters. The molecular formula is C26H23N3O5S. The Bertz CT molecular complexity index is 1380. The minimum absolute atomic E-state index is 0.0156. The highest BCUT2D eigenvalue weighted by molar-refractivity contribution is 7.89. The van der Waals surface area contributed by atoms with Gasteiger partial charge in [0.2, 0.25) is 15.9 Å². The van der Waals surface area contributed by atoms with Gasteiger partial charge in [-0.05, 0) is 61.0 Å². The predicted octanol–water partition coefficient (Wildman–Crippen LogP) is 3.65. The topological polar surface area (TPSA) is 108 Å². The maximum atomic E-state index is 13.9. The molecule has 0 spiro atoms. The molecule has 0 bridgehead atoms. The summed E-state index contributed by atoms with van der Waals surface area (Å²) in [5.74, 6) is -0.662. The molecule has 0 aliphatic carbocycles. The molecule has 1 fully saturated rings. The monoisotopic (exact) mass is 489 g/mol. The molecule has 1 aliphatic rings. The molecular weight excluding hydrogens is 466 g/mol. The second kappa shape index (κ2) is 9.70. The van der Waals surface area contributed by atoms with E-state index in [9.17, 15) is 18.0 Å². The first-order chi connectivity index (χ1) is 16.8. The normalized spacial score (nSPS) is 16.9. The molecule has 2 amide bonds. The van der Waals surface area contributed by atoms with E-state index in [1.165, 1.54) is 55.6 Å². The van der Waals surface area contributed by atoms with Crippen LogP contribution in [0.2, 0.25) is 0 Å². The Kier molecular flexibility index (Phi) is 6.69. The summed E-state index contributed by atoms with van der Waals surface area (Å²) in [6, 6.07) is 20.9. The Morgan fingerprint density at radius 1 is 1.00 bits per heavy atom. The summed E-state index contributed by atoms with van der Waals surface area (Å²) in [5.41, 5.74) is 1.35. The zero-order valence-electron chi connectivity index (χ0n) is 19.2. The molecule has 1 saturated heterocycles. The number of imide groups is 1. The molecule has 178 valence electrons. The van der Waals surface area contributed by atoms with Crippen molar-refractivity contribution in [1.29, 1.82) is 5.26 Å². The number of hydrogen-bond acceptors (Lipinski definition) is 6. The van der Waals surface area contributed by atoms with E-state index in [0.29, 0.717) is 16.9 Å². The summed E-state index contributed by atoms with van der Waals surface area (Å²) in [7, 11) is -2.71. The molecule has 0 aromatic heterocycles. The average Bonchev–Trinajstić information content (AvgIpc) is 3.17. The number of benzene rings is 3. The van der Waals surface area contributed by atoms with E-state index >= 15 is 0 Å². The Morgan fingerprint density at radius 2 is 1.63 bits per heavy atom. The molecule has 35 heavy (non-hydrogen) atoms. The highest BCUT2D eigenvalue weighted by Gasteiger charge is 2.48. The molecule has 0 radical (unpaired) electrons. The van der Waals surface area contributed by atoms with Gasteiger partial charge in [0.05, 0.1) is 35.7 Å². The van der Waals surface area contributed by atoms with Gasteiger partial charge in [0.15, 0.2) is 0 Å². The third-order valence-electron chi connectivity index (χ3n) is 5.98. The summed E-state index contributed by atoms with van der Waals surface area (Å²) >= 11 is 0. The van der Waals surface area contributed by atoms with Crippen molar-refractivity contribution in [2.45, 2.75) is 30.3 Å². The van der Waals surface area contributed by atoms with Gasteiger partial charge in [-0.25, -0.2) is 13.3 Å². The lowest BCUT2D eigenvalue weighted by Crippen LogP contribution is -2.46. The largest absolute Gasteiger partial charge is 0.497 e. The minimum Gasteiger partial charge on any atom is -0.497 e. The number of carbonyl (C=O) groups excluding carboxylic acids is 2. The standard InChI is InChI=1S/C26H23N3O5S/c1-18(20-6-4-3-5-7-20)29(35(32,33)23-14-12-22(34-2)13-15-23)24-16-25(30)28(26(24)31)21-10-8-19(17-27)9-11-21/h3-15,18,24H,16H2,1-2H3. The molecule has 9 heteroatoms. The number of nitriles is 1. The number of nitrogens with zero attached hydrogens (tertiary/aromatic N) is 3. The summed E-state index contributed by atoms with van der Waals surface area (Å²) in [6.07, 6.45) is -0.300. The number of amides is 2.